The minimum atomic E-state index is -1.02. The maximum Gasteiger partial charge on any atom is 0.326 e. The van der Waals surface area contributed by atoms with Crippen LogP contribution in [0.15, 0.2) is 60.7 Å². The molecule has 1 atom stereocenters. The van der Waals surface area contributed by atoms with E-state index in [-0.39, 0.29) is 18.7 Å². The van der Waals surface area contributed by atoms with E-state index in [1.165, 1.54) is 4.90 Å². The fourth-order valence-electron chi connectivity index (χ4n) is 3.43. The summed E-state index contributed by atoms with van der Waals surface area (Å²) < 4.78 is 1.82. The number of carboxylic acids is 1. The van der Waals surface area contributed by atoms with Crippen LogP contribution in [0, 0.1) is 13.8 Å². The third kappa shape index (κ3) is 4.54. The Kier molecular flexibility index (Phi) is 6.12. The Hall–Kier alpha value is -3.41. The molecule has 0 aliphatic rings. The molecule has 3 aromatic rings. The van der Waals surface area contributed by atoms with Gasteiger partial charge in [-0.2, -0.15) is 5.10 Å². The van der Waals surface area contributed by atoms with Gasteiger partial charge in [-0.25, -0.2) is 9.48 Å². The first-order valence-electron chi connectivity index (χ1n) is 9.51. The van der Waals surface area contributed by atoms with E-state index >= 15 is 0 Å². The molecule has 1 amide bonds. The number of aliphatic carboxylic acids is 1. The molecular weight excluding hydrogens is 366 g/mol. The number of carbonyl (C=O) groups excluding carboxylic acids is 1. The summed E-state index contributed by atoms with van der Waals surface area (Å²) in [5.41, 5.74) is 4.28. The molecule has 1 unspecified atom stereocenters. The molecule has 0 fully saturated rings. The fraction of sp³-hybridized carbons (Fsp3) is 0.261. The summed E-state index contributed by atoms with van der Waals surface area (Å²) in [6.07, 6.45) is 0.374. The highest BCUT2D eigenvalue weighted by atomic mass is 16.4. The van der Waals surface area contributed by atoms with Crippen LogP contribution in [0.4, 0.5) is 0 Å². The summed E-state index contributed by atoms with van der Waals surface area (Å²) in [6.45, 7) is 3.79. The van der Waals surface area contributed by atoms with Crippen LogP contribution < -0.4 is 0 Å². The normalized spacial score (nSPS) is 11.8. The highest BCUT2D eigenvalue weighted by Gasteiger charge is 2.28. The van der Waals surface area contributed by atoms with E-state index in [1.807, 2.05) is 79.2 Å². The van der Waals surface area contributed by atoms with Gasteiger partial charge in [0, 0.05) is 24.7 Å². The molecule has 6 nitrogen and oxygen atoms in total. The predicted molar refractivity (Wildman–Crippen MR) is 111 cm³/mol. The Bertz CT molecular complexity index is 997. The van der Waals surface area contributed by atoms with Gasteiger partial charge in [-0.3, -0.25) is 4.79 Å². The minimum absolute atomic E-state index is 0.111. The van der Waals surface area contributed by atoms with Crippen LogP contribution in [0.2, 0.25) is 0 Å². The van der Waals surface area contributed by atoms with Crippen LogP contribution in [0.25, 0.3) is 5.69 Å². The number of carbonyl (C=O) groups is 2. The maximum absolute atomic E-state index is 12.9. The largest absolute Gasteiger partial charge is 0.480 e. The number of aryl methyl sites for hydroxylation is 1. The first kappa shape index (κ1) is 20.3. The molecule has 2 aromatic carbocycles. The van der Waals surface area contributed by atoms with Gasteiger partial charge in [0.1, 0.15) is 6.04 Å². The number of aromatic nitrogens is 2. The number of rotatable bonds is 7. The van der Waals surface area contributed by atoms with Crippen LogP contribution in [-0.4, -0.2) is 44.8 Å². The van der Waals surface area contributed by atoms with Crippen molar-refractivity contribution in [3.8, 4) is 5.69 Å². The first-order chi connectivity index (χ1) is 13.9. The molecular formula is C23H25N3O3. The van der Waals surface area contributed by atoms with Crippen molar-refractivity contribution in [2.75, 3.05) is 7.05 Å². The number of benzene rings is 2. The zero-order valence-electron chi connectivity index (χ0n) is 16.9. The Labute approximate surface area is 170 Å². The molecule has 0 saturated carbocycles. The molecule has 150 valence electrons. The summed E-state index contributed by atoms with van der Waals surface area (Å²) in [5, 5.41) is 14.2. The van der Waals surface area contributed by atoms with Gasteiger partial charge in [0.25, 0.3) is 0 Å². The smallest absolute Gasteiger partial charge is 0.326 e. The van der Waals surface area contributed by atoms with Crippen molar-refractivity contribution < 1.29 is 14.7 Å². The van der Waals surface area contributed by atoms with Gasteiger partial charge in [-0.15, -0.1) is 0 Å². The van der Waals surface area contributed by atoms with E-state index in [0.29, 0.717) is 0 Å². The first-order valence-corrected chi connectivity index (χ1v) is 9.51. The fourth-order valence-corrected chi connectivity index (χ4v) is 3.43. The lowest BCUT2D eigenvalue weighted by molar-refractivity contribution is -0.148. The van der Waals surface area contributed by atoms with Crippen LogP contribution in [0.5, 0.6) is 0 Å². The molecule has 6 heteroatoms. The second-order valence-corrected chi connectivity index (χ2v) is 7.12. The molecule has 0 bridgehead atoms. The number of likely N-dealkylation sites (N-methyl/N-ethyl adjacent to an activating group) is 1. The van der Waals surface area contributed by atoms with Crippen molar-refractivity contribution in [3.05, 3.63) is 83.2 Å². The number of carboxylic acid groups (broad SMARTS) is 1. The molecule has 0 aliphatic heterocycles. The van der Waals surface area contributed by atoms with Gasteiger partial charge in [0.05, 0.1) is 17.8 Å². The number of amides is 1. The van der Waals surface area contributed by atoms with E-state index in [4.69, 9.17) is 0 Å². The summed E-state index contributed by atoms with van der Waals surface area (Å²) in [6, 6.07) is 18.1. The average Bonchev–Trinajstić information content (AvgIpc) is 3.01. The highest BCUT2D eigenvalue weighted by Crippen LogP contribution is 2.20. The monoisotopic (exact) mass is 391 g/mol. The summed E-state index contributed by atoms with van der Waals surface area (Å²) in [7, 11) is 1.55. The van der Waals surface area contributed by atoms with Crippen molar-refractivity contribution >= 4 is 11.9 Å². The van der Waals surface area contributed by atoms with E-state index in [9.17, 15) is 14.7 Å². The van der Waals surface area contributed by atoms with Gasteiger partial charge in [-0.1, -0.05) is 48.5 Å². The molecule has 0 spiro atoms. The summed E-state index contributed by atoms with van der Waals surface area (Å²) >= 11 is 0. The molecule has 0 aliphatic carbocycles. The van der Waals surface area contributed by atoms with Crippen molar-refractivity contribution in [3.63, 3.8) is 0 Å². The van der Waals surface area contributed by atoms with E-state index < -0.39 is 12.0 Å². The zero-order valence-corrected chi connectivity index (χ0v) is 16.9. The number of nitrogens with zero attached hydrogens (tertiary/aromatic N) is 3. The van der Waals surface area contributed by atoms with E-state index in [0.717, 1.165) is 28.2 Å². The average molecular weight is 391 g/mol. The molecule has 0 saturated heterocycles. The van der Waals surface area contributed by atoms with Crippen LogP contribution >= 0.6 is 0 Å². The maximum atomic E-state index is 12.9. The standard InChI is InChI=1S/C23H25N3O3/c1-16-20(17(2)26(24-16)19-12-8-5-9-13-19)15-22(27)25(3)21(23(28)29)14-18-10-6-4-7-11-18/h4-13,21H,14-15H2,1-3H3,(H,28,29). The van der Waals surface area contributed by atoms with Gasteiger partial charge in [-0.05, 0) is 31.5 Å². The van der Waals surface area contributed by atoms with E-state index in [2.05, 4.69) is 5.10 Å². The summed E-state index contributed by atoms with van der Waals surface area (Å²) in [4.78, 5) is 26.1. The third-order valence-corrected chi connectivity index (χ3v) is 5.19. The molecule has 0 radical (unpaired) electrons. The molecule has 1 N–H and O–H groups in total. The minimum Gasteiger partial charge on any atom is -0.480 e. The molecule has 29 heavy (non-hydrogen) atoms. The molecule has 1 heterocycles. The van der Waals surface area contributed by atoms with Gasteiger partial charge >= 0.3 is 5.97 Å². The molecule has 3 rings (SSSR count). The van der Waals surface area contributed by atoms with Crippen molar-refractivity contribution in [1.29, 1.82) is 0 Å². The lowest BCUT2D eigenvalue weighted by Crippen LogP contribution is -2.44. The Balaban J connectivity index is 1.80. The van der Waals surface area contributed by atoms with Crippen molar-refractivity contribution in [2.24, 2.45) is 0 Å². The SMILES string of the molecule is Cc1nn(-c2ccccc2)c(C)c1CC(=O)N(C)C(Cc1ccccc1)C(=O)O. The highest BCUT2D eigenvalue weighted by molar-refractivity contribution is 5.85. The number of para-hydroxylation sites is 1. The second-order valence-electron chi connectivity index (χ2n) is 7.12. The third-order valence-electron chi connectivity index (χ3n) is 5.19. The lowest BCUT2D eigenvalue weighted by Gasteiger charge is -2.25. The summed E-state index contributed by atoms with van der Waals surface area (Å²) in [5.74, 6) is -1.26. The zero-order chi connectivity index (χ0) is 21.0. The number of hydrogen-bond donors (Lipinski definition) is 1. The Morgan fingerprint density at radius 1 is 1.03 bits per heavy atom. The van der Waals surface area contributed by atoms with Crippen molar-refractivity contribution in [1.82, 2.24) is 14.7 Å². The number of hydrogen-bond acceptors (Lipinski definition) is 3. The van der Waals surface area contributed by atoms with Gasteiger partial charge in [0.15, 0.2) is 0 Å². The quantitative estimate of drug-likeness (QED) is 0.671. The Morgan fingerprint density at radius 2 is 1.62 bits per heavy atom. The molecule has 1 aromatic heterocycles. The Morgan fingerprint density at radius 3 is 2.21 bits per heavy atom. The van der Waals surface area contributed by atoms with Crippen LogP contribution in [0.3, 0.4) is 0 Å². The second kappa shape index (κ2) is 8.73. The topological polar surface area (TPSA) is 75.4 Å². The lowest BCUT2D eigenvalue weighted by atomic mass is 10.0. The van der Waals surface area contributed by atoms with Crippen LogP contribution in [0.1, 0.15) is 22.5 Å². The van der Waals surface area contributed by atoms with Gasteiger partial charge < -0.3 is 10.0 Å². The van der Waals surface area contributed by atoms with Gasteiger partial charge in [0.2, 0.25) is 5.91 Å². The van der Waals surface area contributed by atoms with Crippen LogP contribution in [-0.2, 0) is 22.4 Å². The van der Waals surface area contributed by atoms with E-state index in [1.54, 1.807) is 7.05 Å². The van der Waals surface area contributed by atoms with Crippen molar-refractivity contribution in [2.45, 2.75) is 32.7 Å². The predicted octanol–water partition coefficient (Wildman–Crippen LogP) is 3.19.